The van der Waals surface area contributed by atoms with Crippen LogP contribution in [-0.4, -0.2) is 41.9 Å². The predicted molar refractivity (Wildman–Crippen MR) is 84.2 cm³/mol. The first-order chi connectivity index (χ1) is 12.2. The standard InChI is InChI=1S/C15H13FN4O5/c1-22-19-12(15-20-24-7-6-23-15)9-4-2-3-5-10(9)25-14-11(16)13(21)17-8-18-14/h2-5,8H,6-7H2,1H3,(H,17,18,21). The van der Waals surface area contributed by atoms with Gasteiger partial charge in [-0.1, -0.05) is 17.3 Å². The molecule has 0 saturated carbocycles. The van der Waals surface area contributed by atoms with Crippen molar-refractivity contribution in [1.82, 2.24) is 9.97 Å². The lowest BCUT2D eigenvalue weighted by atomic mass is 10.1. The van der Waals surface area contributed by atoms with E-state index in [0.717, 1.165) is 6.33 Å². The summed E-state index contributed by atoms with van der Waals surface area (Å²) >= 11 is 0. The molecule has 0 atom stereocenters. The van der Waals surface area contributed by atoms with E-state index in [2.05, 4.69) is 20.3 Å². The highest BCUT2D eigenvalue weighted by molar-refractivity contribution is 6.45. The average Bonchev–Trinajstić information content (AvgIpc) is 2.65. The van der Waals surface area contributed by atoms with Gasteiger partial charge in [0, 0.05) is 0 Å². The second kappa shape index (κ2) is 7.43. The molecular weight excluding hydrogens is 335 g/mol. The number of oxime groups is 2. The largest absolute Gasteiger partial charge is 0.470 e. The van der Waals surface area contributed by atoms with Crippen LogP contribution in [0.5, 0.6) is 11.6 Å². The van der Waals surface area contributed by atoms with Gasteiger partial charge in [0.1, 0.15) is 19.5 Å². The Labute approximate surface area is 140 Å². The van der Waals surface area contributed by atoms with Crippen LogP contribution in [-0.2, 0) is 14.4 Å². The normalized spacial score (nSPS) is 14.2. The first kappa shape index (κ1) is 16.4. The molecular formula is C15H13FN4O5. The monoisotopic (exact) mass is 348 g/mol. The van der Waals surface area contributed by atoms with Gasteiger partial charge in [-0.3, -0.25) is 4.79 Å². The molecule has 0 saturated heterocycles. The van der Waals surface area contributed by atoms with Gasteiger partial charge in [-0.2, -0.15) is 4.39 Å². The van der Waals surface area contributed by atoms with E-state index < -0.39 is 17.3 Å². The Morgan fingerprint density at radius 2 is 2.20 bits per heavy atom. The Bertz CT molecular complexity index is 880. The van der Waals surface area contributed by atoms with Crippen LogP contribution in [0, 0.1) is 5.82 Å². The highest BCUT2D eigenvalue weighted by Crippen LogP contribution is 2.26. The third kappa shape index (κ3) is 3.57. The number of halogens is 1. The zero-order valence-corrected chi connectivity index (χ0v) is 13.1. The molecule has 2 heterocycles. The lowest BCUT2D eigenvalue weighted by molar-refractivity contribution is 0.0672. The molecule has 0 unspecified atom stereocenters. The molecule has 0 bridgehead atoms. The molecule has 0 aliphatic carbocycles. The fourth-order valence-corrected chi connectivity index (χ4v) is 2.01. The fourth-order valence-electron chi connectivity index (χ4n) is 2.01. The number of nitrogens with zero attached hydrogens (tertiary/aromatic N) is 3. The van der Waals surface area contributed by atoms with Crippen molar-refractivity contribution < 1.29 is 23.5 Å². The van der Waals surface area contributed by atoms with Gasteiger partial charge < -0.3 is 24.1 Å². The molecule has 0 fully saturated rings. The Balaban J connectivity index is 2.02. The van der Waals surface area contributed by atoms with Crippen LogP contribution in [0.3, 0.4) is 0 Å². The fraction of sp³-hybridized carbons (Fsp3) is 0.200. The molecule has 10 heteroatoms. The molecule has 130 valence electrons. The van der Waals surface area contributed by atoms with Crippen molar-refractivity contribution in [3.8, 4) is 11.6 Å². The highest BCUT2D eigenvalue weighted by atomic mass is 19.1. The molecule has 1 N–H and O–H groups in total. The van der Waals surface area contributed by atoms with Crippen molar-refractivity contribution in [1.29, 1.82) is 0 Å². The molecule has 0 spiro atoms. The summed E-state index contributed by atoms with van der Waals surface area (Å²) in [6, 6.07) is 6.55. The minimum absolute atomic E-state index is 0.0866. The Morgan fingerprint density at radius 3 is 2.96 bits per heavy atom. The second-order valence-electron chi connectivity index (χ2n) is 4.65. The van der Waals surface area contributed by atoms with E-state index in [9.17, 15) is 9.18 Å². The minimum Gasteiger partial charge on any atom is -0.470 e. The van der Waals surface area contributed by atoms with E-state index in [1.165, 1.54) is 7.11 Å². The predicted octanol–water partition coefficient (Wildman–Crippen LogP) is 1.41. The molecule has 1 aromatic heterocycles. The number of rotatable bonds is 5. The second-order valence-corrected chi connectivity index (χ2v) is 4.65. The maximum absolute atomic E-state index is 13.9. The molecule has 0 amide bonds. The number of aromatic nitrogens is 2. The summed E-state index contributed by atoms with van der Waals surface area (Å²) in [5, 5.41) is 7.67. The Hall–Kier alpha value is -3.43. The Kier molecular flexibility index (Phi) is 4.88. The van der Waals surface area contributed by atoms with Gasteiger partial charge in [0.2, 0.25) is 5.82 Å². The molecule has 9 nitrogen and oxygen atoms in total. The summed E-state index contributed by atoms with van der Waals surface area (Å²) in [5.74, 6) is -1.36. The number of nitrogens with one attached hydrogen (secondary N) is 1. The molecule has 25 heavy (non-hydrogen) atoms. The van der Waals surface area contributed by atoms with Crippen LogP contribution in [0.4, 0.5) is 4.39 Å². The van der Waals surface area contributed by atoms with E-state index in [-0.39, 0.29) is 24.0 Å². The van der Waals surface area contributed by atoms with Crippen molar-refractivity contribution in [2.75, 3.05) is 20.3 Å². The van der Waals surface area contributed by atoms with E-state index in [4.69, 9.17) is 19.1 Å². The number of ether oxygens (including phenoxy) is 2. The zero-order valence-electron chi connectivity index (χ0n) is 13.1. The van der Waals surface area contributed by atoms with Crippen molar-refractivity contribution in [2.45, 2.75) is 0 Å². The van der Waals surface area contributed by atoms with Crippen LogP contribution in [0.25, 0.3) is 0 Å². The van der Waals surface area contributed by atoms with Gasteiger partial charge in [0.05, 0.1) is 11.9 Å². The van der Waals surface area contributed by atoms with Crippen LogP contribution >= 0.6 is 0 Å². The van der Waals surface area contributed by atoms with E-state index >= 15 is 0 Å². The van der Waals surface area contributed by atoms with Crippen molar-refractivity contribution in [3.63, 3.8) is 0 Å². The van der Waals surface area contributed by atoms with Crippen LogP contribution < -0.4 is 10.3 Å². The van der Waals surface area contributed by atoms with E-state index in [0.29, 0.717) is 12.2 Å². The topological polar surface area (TPSA) is 107 Å². The number of H-pyrrole nitrogens is 1. The summed E-state index contributed by atoms with van der Waals surface area (Å²) in [7, 11) is 1.35. The van der Waals surface area contributed by atoms with Crippen molar-refractivity contribution in [3.05, 3.63) is 52.3 Å². The van der Waals surface area contributed by atoms with Gasteiger partial charge in [-0.25, -0.2) is 4.98 Å². The summed E-state index contributed by atoms with van der Waals surface area (Å²) in [4.78, 5) is 27.0. The Morgan fingerprint density at radius 1 is 1.36 bits per heavy atom. The lowest BCUT2D eigenvalue weighted by Gasteiger charge is -2.16. The van der Waals surface area contributed by atoms with Crippen molar-refractivity contribution >= 4 is 11.6 Å². The third-order valence-corrected chi connectivity index (χ3v) is 3.06. The summed E-state index contributed by atoms with van der Waals surface area (Å²) in [6.45, 7) is 0.596. The average molecular weight is 348 g/mol. The molecule has 0 radical (unpaired) electrons. The summed E-state index contributed by atoms with van der Waals surface area (Å²) in [6.07, 6.45) is 1.04. The summed E-state index contributed by atoms with van der Waals surface area (Å²) in [5.41, 5.74) is -0.375. The zero-order chi connectivity index (χ0) is 17.6. The van der Waals surface area contributed by atoms with E-state index in [1.807, 2.05) is 0 Å². The minimum atomic E-state index is -1.14. The smallest absolute Gasteiger partial charge is 0.290 e. The molecule has 3 rings (SSSR count). The number of hydrogen-bond donors (Lipinski definition) is 1. The molecule has 1 aliphatic heterocycles. The summed E-state index contributed by atoms with van der Waals surface area (Å²) < 4.78 is 24.7. The number of para-hydroxylation sites is 1. The van der Waals surface area contributed by atoms with Crippen LogP contribution in [0.1, 0.15) is 5.56 Å². The lowest BCUT2D eigenvalue weighted by Crippen LogP contribution is -2.26. The quantitative estimate of drug-likeness (QED) is 0.647. The molecule has 1 aromatic carbocycles. The van der Waals surface area contributed by atoms with Gasteiger partial charge in [-0.05, 0) is 17.3 Å². The maximum atomic E-state index is 13.9. The van der Waals surface area contributed by atoms with Gasteiger partial charge in [0.25, 0.3) is 17.3 Å². The maximum Gasteiger partial charge on any atom is 0.290 e. The van der Waals surface area contributed by atoms with Gasteiger partial charge in [-0.15, -0.1) is 0 Å². The van der Waals surface area contributed by atoms with Gasteiger partial charge >= 0.3 is 0 Å². The van der Waals surface area contributed by atoms with E-state index in [1.54, 1.807) is 24.3 Å². The molecule has 2 aromatic rings. The first-order valence-corrected chi connectivity index (χ1v) is 7.15. The SMILES string of the molecule is CON=C(C1=NOCCO1)c1ccccc1Oc1nc[nH]c(=O)c1F. The molecule has 1 aliphatic rings. The highest BCUT2D eigenvalue weighted by Gasteiger charge is 2.23. The number of benzene rings is 1. The number of hydrogen-bond acceptors (Lipinski definition) is 8. The van der Waals surface area contributed by atoms with Crippen molar-refractivity contribution in [2.24, 2.45) is 10.3 Å². The van der Waals surface area contributed by atoms with Crippen LogP contribution in [0.15, 0.2) is 45.7 Å². The van der Waals surface area contributed by atoms with Gasteiger partial charge in [0.15, 0.2) is 12.3 Å². The number of aromatic amines is 1. The van der Waals surface area contributed by atoms with Crippen LogP contribution in [0.2, 0.25) is 0 Å². The first-order valence-electron chi connectivity index (χ1n) is 7.15. The third-order valence-electron chi connectivity index (χ3n) is 3.06.